The number of nitriles is 1. The predicted molar refractivity (Wildman–Crippen MR) is 131 cm³/mol. The molecule has 1 atom stereocenters. The van der Waals surface area contributed by atoms with Crippen molar-refractivity contribution >= 4 is 28.4 Å². The molecule has 1 aliphatic heterocycles. The number of likely N-dealkylation sites (N-methyl/N-ethyl adjacent to an activating group) is 1. The van der Waals surface area contributed by atoms with Gasteiger partial charge in [-0.2, -0.15) is 10.4 Å². The molecular formula is C25H23ClFN7O. The Morgan fingerprint density at radius 2 is 2.09 bits per heavy atom. The van der Waals surface area contributed by atoms with E-state index in [9.17, 15) is 9.18 Å². The number of aryl methyl sites for hydroxylation is 1. The van der Waals surface area contributed by atoms with Crippen molar-refractivity contribution in [3.63, 3.8) is 0 Å². The minimum atomic E-state index is -0.651. The minimum Gasteiger partial charge on any atom is -0.347 e. The Balaban J connectivity index is 1.58. The molecule has 0 spiro atoms. The summed E-state index contributed by atoms with van der Waals surface area (Å²) in [7, 11) is 3.79. The van der Waals surface area contributed by atoms with Gasteiger partial charge in [0.05, 0.1) is 11.1 Å². The van der Waals surface area contributed by atoms with Gasteiger partial charge in [-0.1, -0.05) is 11.6 Å². The van der Waals surface area contributed by atoms with E-state index in [1.807, 2.05) is 31.3 Å². The van der Waals surface area contributed by atoms with E-state index >= 15 is 0 Å². The number of likely N-dealkylation sites (tertiary alicyclic amines) is 1. The van der Waals surface area contributed by atoms with E-state index < -0.39 is 5.82 Å². The number of amides is 1. The minimum absolute atomic E-state index is 0.0350. The number of imidazole rings is 1. The average Bonchev–Trinajstić information content (AvgIpc) is 3.40. The van der Waals surface area contributed by atoms with Crippen LogP contribution < -0.4 is 5.32 Å². The van der Waals surface area contributed by atoms with Crippen molar-refractivity contribution in [2.45, 2.75) is 18.9 Å². The molecule has 10 heteroatoms. The Morgan fingerprint density at radius 1 is 1.26 bits per heavy atom. The van der Waals surface area contributed by atoms with Crippen LogP contribution in [0.1, 0.15) is 28.9 Å². The van der Waals surface area contributed by atoms with Gasteiger partial charge in [0.25, 0.3) is 5.91 Å². The first-order valence-electron chi connectivity index (χ1n) is 11.3. The maximum atomic E-state index is 14.5. The lowest BCUT2D eigenvalue weighted by Crippen LogP contribution is -2.46. The summed E-state index contributed by atoms with van der Waals surface area (Å²) >= 11 is 6.42. The summed E-state index contributed by atoms with van der Waals surface area (Å²) in [5, 5.41) is 17.8. The summed E-state index contributed by atoms with van der Waals surface area (Å²) in [6, 6.07) is 11.7. The van der Waals surface area contributed by atoms with E-state index in [-0.39, 0.29) is 23.2 Å². The Bertz CT molecular complexity index is 1490. The number of hydrogen-bond donors (Lipinski definition) is 1. The molecule has 1 N–H and O–H groups in total. The third-order valence-corrected chi connectivity index (χ3v) is 6.72. The molecule has 0 saturated carbocycles. The molecule has 1 saturated heterocycles. The van der Waals surface area contributed by atoms with Crippen LogP contribution in [0.5, 0.6) is 0 Å². The van der Waals surface area contributed by atoms with Crippen LogP contribution in [0, 0.1) is 17.1 Å². The quantitative estimate of drug-likeness (QED) is 0.467. The molecule has 35 heavy (non-hydrogen) atoms. The van der Waals surface area contributed by atoms with Gasteiger partial charge in [0.1, 0.15) is 28.6 Å². The van der Waals surface area contributed by atoms with Gasteiger partial charge in [-0.25, -0.2) is 9.37 Å². The van der Waals surface area contributed by atoms with E-state index in [2.05, 4.69) is 20.3 Å². The zero-order valence-corrected chi connectivity index (χ0v) is 20.1. The Morgan fingerprint density at radius 3 is 2.83 bits per heavy atom. The van der Waals surface area contributed by atoms with Gasteiger partial charge in [-0.15, -0.1) is 0 Å². The predicted octanol–water partition coefficient (Wildman–Crippen LogP) is 3.91. The van der Waals surface area contributed by atoms with E-state index in [1.165, 1.54) is 12.1 Å². The van der Waals surface area contributed by atoms with Crippen molar-refractivity contribution in [1.82, 2.24) is 29.5 Å². The summed E-state index contributed by atoms with van der Waals surface area (Å²) in [6.45, 7) is 1.78. The number of hydrogen-bond acceptors (Lipinski definition) is 5. The fourth-order valence-electron chi connectivity index (χ4n) is 4.48. The van der Waals surface area contributed by atoms with Crippen LogP contribution in [-0.2, 0) is 7.05 Å². The van der Waals surface area contributed by atoms with Crippen molar-refractivity contribution in [2.75, 3.05) is 20.1 Å². The summed E-state index contributed by atoms with van der Waals surface area (Å²) < 4.78 is 17.8. The number of piperidine rings is 1. The Labute approximate surface area is 206 Å². The van der Waals surface area contributed by atoms with Crippen molar-refractivity contribution in [2.24, 2.45) is 7.05 Å². The average molecular weight is 492 g/mol. The summed E-state index contributed by atoms with van der Waals surface area (Å²) in [5.41, 5.74) is 2.02. The lowest BCUT2D eigenvalue weighted by Gasteiger charge is -2.29. The maximum absolute atomic E-state index is 14.5. The molecule has 2 aromatic heterocycles. The summed E-state index contributed by atoms with van der Waals surface area (Å²) in [6.07, 6.45) is 3.55. The van der Waals surface area contributed by atoms with E-state index in [0.717, 1.165) is 36.8 Å². The van der Waals surface area contributed by atoms with Gasteiger partial charge in [-0.3, -0.25) is 14.0 Å². The number of carbonyl (C=O) groups is 1. The molecule has 0 bridgehead atoms. The van der Waals surface area contributed by atoms with Crippen LogP contribution in [0.3, 0.4) is 0 Å². The van der Waals surface area contributed by atoms with Gasteiger partial charge in [-0.05, 0) is 62.8 Å². The maximum Gasteiger partial charge on any atom is 0.271 e. The molecule has 1 amide bonds. The Hall–Kier alpha value is -3.74. The monoisotopic (exact) mass is 491 g/mol. The number of aromatic nitrogens is 4. The van der Waals surface area contributed by atoms with Crippen molar-refractivity contribution < 1.29 is 9.18 Å². The molecule has 0 radical (unpaired) electrons. The molecule has 0 unspecified atom stereocenters. The lowest BCUT2D eigenvalue weighted by atomic mass is 10.1. The van der Waals surface area contributed by atoms with Crippen LogP contribution in [0.4, 0.5) is 4.39 Å². The fourth-order valence-corrected chi connectivity index (χ4v) is 4.67. The normalized spacial score (nSPS) is 16.4. The number of rotatable bonds is 4. The second-order valence-electron chi connectivity index (χ2n) is 8.82. The van der Waals surface area contributed by atoms with Crippen LogP contribution in [0.15, 0.2) is 42.6 Å². The standard InChI is InChI=1S/C25H23ClFN7O/c1-32-9-3-4-17(13-32)29-25(35)22-14-34(18-7-8-21-19(11-18)23(26)33(2)31-21)24(30-22)15-5-6-16(12-28)20(27)10-15/h5-8,10-11,14,17H,3-4,9,13H2,1-2H3,(H,29,35)/t17-/m1/s1. The lowest BCUT2D eigenvalue weighted by molar-refractivity contribution is 0.0908. The van der Waals surface area contributed by atoms with Gasteiger partial charge in [0.2, 0.25) is 0 Å². The second-order valence-corrected chi connectivity index (χ2v) is 9.17. The largest absolute Gasteiger partial charge is 0.347 e. The highest BCUT2D eigenvalue weighted by atomic mass is 35.5. The van der Waals surface area contributed by atoms with Crippen LogP contribution in [0.25, 0.3) is 28.0 Å². The Kier molecular flexibility index (Phi) is 6.01. The molecular weight excluding hydrogens is 469 g/mol. The highest BCUT2D eigenvalue weighted by molar-refractivity contribution is 6.34. The highest BCUT2D eigenvalue weighted by Gasteiger charge is 2.23. The van der Waals surface area contributed by atoms with Crippen LogP contribution >= 0.6 is 11.6 Å². The molecule has 178 valence electrons. The molecule has 5 rings (SSSR count). The first-order chi connectivity index (χ1) is 16.8. The molecule has 8 nitrogen and oxygen atoms in total. The van der Waals surface area contributed by atoms with Crippen LogP contribution in [-0.4, -0.2) is 56.3 Å². The molecule has 4 aromatic rings. The third kappa shape index (κ3) is 4.38. The SMILES string of the molecule is CN1CCC[C@@H](NC(=O)c2cn(-c3ccc4nn(C)c(Cl)c4c3)c(-c3ccc(C#N)c(F)c3)n2)C1. The molecule has 0 aliphatic carbocycles. The zero-order valence-electron chi connectivity index (χ0n) is 19.3. The molecule has 1 fully saturated rings. The first-order valence-corrected chi connectivity index (χ1v) is 11.6. The summed E-state index contributed by atoms with van der Waals surface area (Å²) in [4.78, 5) is 19.9. The topological polar surface area (TPSA) is 91.8 Å². The number of nitrogens with one attached hydrogen (secondary N) is 1. The van der Waals surface area contributed by atoms with Gasteiger partial charge in [0, 0.05) is 42.5 Å². The van der Waals surface area contributed by atoms with Crippen LogP contribution in [0.2, 0.25) is 5.15 Å². The third-order valence-electron chi connectivity index (χ3n) is 6.27. The van der Waals surface area contributed by atoms with E-state index in [4.69, 9.17) is 16.9 Å². The van der Waals surface area contributed by atoms with Crippen molar-refractivity contribution in [3.05, 3.63) is 64.8 Å². The number of halogens is 2. The van der Waals surface area contributed by atoms with Gasteiger partial charge >= 0.3 is 0 Å². The van der Waals surface area contributed by atoms with Gasteiger partial charge < -0.3 is 10.2 Å². The van der Waals surface area contributed by atoms with E-state index in [1.54, 1.807) is 28.6 Å². The fraction of sp³-hybridized carbons (Fsp3) is 0.280. The molecule has 2 aromatic carbocycles. The van der Waals surface area contributed by atoms with E-state index in [0.29, 0.717) is 22.2 Å². The number of fused-ring (bicyclic) bond motifs is 1. The van der Waals surface area contributed by atoms with Crippen molar-refractivity contribution in [3.8, 4) is 23.1 Å². The first kappa shape index (κ1) is 23.0. The highest BCUT2D eigenvalue weighted by Crippen LogP contribution is 2.29. The molecule has 3 heterocycles. The summed E-state index contributed by atoms with van der Waals surface area (Å²) in [5.74, 6) is -0.569. The number of nitrogens with zero attached hydrogens (tertiary/aromatic N) is 6. The zero-order chi connectivity index (χ0) is 24.7. The number of carbonyl (C=O) groups excluding carboxylic acids is 1. The number of benzene rings is 2. The second kappa shape index (κ2) is 9.13. The molecule has 1 aliphatic rings. The van der Waals surface area contributed by atoms with Crippen molar-refractivity contribution in [1.29, 1.82) is 5.26 Å². The van der Waals surface area contributed by atoms with Gasteiger partial charge in [0.15, 0.2) is 0 Å². The smallest absolute Gasteiger partial charge is 0.271 e.